The van der Waals surface area contributed by atoms with E-state index < -0.39 is 17.8 Å². The van der Waals surface area contributed by atoms with Gasteiger partial charge in [-0.1, -0.05) is 38.5 Å². The minimum atomic E-state index is -2.92. The first-order valence-corrected chi connectivity index (χ1v) is 9.97. The van der Waals surface area contributed by atoms with Crippen LogP contribution in [0.3, 0.4) is 0 Å². The highest BCUT2D eigenvalue weighted by atomic mass is 19.3. The topological polar surface area (TPSA) is 18.5 Å². The van der Waals surface area contributed by atoms with Crippen LogP contribution in [-0.2, 0) is 4.74 Å². The normalized spacial score (nSPS) is 28.9. The fourth-order valence-corrected chi connectivity index (χ4v) is 4.43. The molecular weight excluding hydrogens is 353 g/mol. The maximum absolute atomic E-state index is 14.8. The zero-order chi connectivity index (χ0) is 19.4. The molecule has 1 aromatic rings. The lowest BCUT2D eigenvalue weighted by atomic mass is 9.77. The maximum Gasteiger partial charge on any atom is 0.270 e. The lowest BCUT2D eigenvalue weighted by molar-refractivity contribution is -0.0432. The van der Waals surface area contributed by atoms with Crippen LogP contribution in [0.2, 0.25) is 0 Å². The fraction of sp³-hybridized carbons (Fsp3) is 0.636. The van der Waals surface area contributed by atoms with Gasteiger partial charge in [0.15, 0.2) is 0 Å². The standard InChI is InChI=1S/C22H29F3O2/c1-3-12-26-19-11-9-17(21(23)20(19)22(24)25)16-8-10-18(27-13-16)15-6-4-14(2)5-7-15/h3,9,11,14-16,18,22H,1,4-8,10,12-13H2,2H3. The molecular formula is C22H29F3O2. The highest BCUT2D eigenvalue weighted by Crippen LogP contribution is 2.41. The number of hydrogen-bond acceptors (Lipinski definition) is 2. The SMILES string of the molecule is C=CCOc1ccc(C2CCC(C3CCC(C)CC3)OC2)c(F)c1C(F)F. The minimum Gasteiger partial charge on any atom is -0.489 e. The van der Waals surface area contributed by atoms with E-state index in [0.717, 1.165) is 18.8 Å². The molecule has 27 heavy (non-hydrogen) atoms. The first-order chi connectivity index (χ1) is 13.0. The second-order valence-corrected chi connectivity index (χ2v) is 7.95. The smallest absolute Gasteiger partial charge is 0.270 e. The molecule has 2 fully saturated rings. The highest BCUT2D eigenvalue weighted by molar-refractivity contribution is 5.41. The Morgan fingerprint density at radius 2 is 1.93 bits per heavy atom. The molecule has 0 spiro atoms. The quantitative estimate of drug-likeness (QED) is 0.529. The number of rotatable bonds is 6. The predicted octanol–water partition coefficient (Wildman–Crippen LogP) is 6.42. The fourth-order valence-electron chi connectivity index (χ4n) is 4.43. The van der Waals surface area contributed by atoms with Gasteiger partial charge in [-0.2, -0.15) is 0 Å². The average molecular weight is 382 g/mol. The summed E-state index contributed by atoms with van der Waals surface area (Å²) < 4.78 is 53.0. The van der Waals surface area contributed by atoms with Gasteiger partial charge in [0.2, 0.25) is 0 Å². The van der Waals surface area contributed by atoms with E-state index in [1.54, 1.807) is 6.07 Å². The van der Waals surface area contributed by atoms with E-state index in [9.17, 15) is 13.2 Å². The summed E-state index contributed by atoms with van der Waals surface area (Å²) in [4.78, 5) is 0. The van der Waals surface area contributed by atoms with Gasteiger partial charge >= 0.3 is 0 Å². The Labute approximate surface area is 159 Å². The molecule has 150 valence electrons. The number of ether oxygens (including phenoxy) is 2. The molecule has 5 heteroatoms. The number of benzene rings is 1. The van der Waals surface area contributed by atoms with Gasteiger partial charge in [-0.05, 0) is 49.1 Å². The highest BCUT2D eigenvalue weighted by Gasteiger charge is 2.33. The summed E-state index contributed by atoms with van der Waals surface area (Å²) >= 11 is 0. The molecule has 2 aliphatic rings. The summed E-state index contributed by atoms with van der Waals surface area (Å²) in [5, 5.41) is 0. The van der Waals surface area contributed by atoms with E-state index in [1.807, 2.05) is 0 Å². The Balaban J connectivity index is 1.68. The first-order valence-electron chi connectivity index (χ1n) is 9.97. The Bertz CT molecular complexity index is 631. The van der Waals surface area contributed by atoms with E-state index in [-0.39, 0.29) is 24.4 Å². The van der Waals surface area contributed by atoms with E-state index in [1.165, 1.54) is 37.8 Å². The van der Waals surface area contributed by atoms with Crippen molar-refractivity contribution in [3.05, 3.63) is 41.7 Å². The molecule has 1 aliphatic heterocycles. The van der Waals surface area contributed by atoms with Crippen LogP contribution in [0.1, 0.15) is 68.9 Å². The molecule has 1 heterocycles. The van der Waals surface area contributed by atoms with Crippen molar-refractivity contribution in [3.8, 4) is 5.75 Å². The minimum absolute atomic E-state index is 0.0622. The van der Waals surface area contributed by atoms with E-state index in [4.69, 9.17) is 9.47 Å². The van der Waals surface area contributed by atoms with Crippen molar-refractivity contribution in [2.24, 2.45) is 11.8 Å². The van der Waals surface area contributed by atoms with E-state index in [2.05, 4.69) is 13.5 Å². The zero-order valence-electron chi connectivity index (χ0n) is 15.9. The Hall–Kier alpha value is -1.49. The van der Waals surface area contributed by atoms with Gasteiger partial charge in [0.05, 0.1) is 18.3 Å². The second-order valence-electron chi connectivity index (χ2n) is 7.95. The van der Waals surface area contributed by atoms with Crippen LogP contribution in [0.5, 0.6) is 5.75 Å². The third kappa shape index (κ3) is 4.68. The molecule has 0 N–H and O–H groups in total. The molecule has 3 rings (SSSR count). The van der Waals surface area contributed by atoms with Crippen molar-refractivity contribution in [1.82, 2.24) is 0 Å². The average Bonchev–Trinajstić information content (AvgIpc) is 2.67. The second kappa shape index (κ2) is 9.13. The predicted molar refractivity (Wildman–Crippen MR) is 99.9 cm³/mol. The van der Waals surface area contributed by atoms with Crippen LogP contribution in [0, 0.1) is 17.7 Å². The maximum atomic E-state index is 14.8. The van der Waals surface area contributed by atoms with Gasteiger partial charge in [0, 0.05) is 5.92 Å². The zero-order valence-corrected chi connectivity index (χ0v) is 15.9. The lowest BCUT2D eigenvalue weighted by Crippen LogP contribution is -2.33. The third-order valence-electron chi connectivity index (χ3n) is 6.08. The van der Waals surface area contributed by atoms with E-state index >= 15 is 0 Å². The van der Waals surface area contributed by atoms with Crippen LogP contribution < -0.4 is 4.74 Å². The van der Waals surface area contributed by atoms with Crippen molar-refractivity contribution >= 4 is 0 Å². The van der Waals surface area contributed by atoms with Crippen LogP contribution >= 0.6 is 0 Å². The Morgan fingerprint density at radius 1 is 1.19 bits per heavy atom. The largest absolute Gasteiger partial charge is 0.489 e. The molecule has 0 aromatic heterocycles. The summed E-state index contributed by atoms with van der Waals surface area (Å²) in [7, 11) is 0. The summed E-state index contributed by atoms with van der Waals surface area (Å²) in [6, 6.07) is 3.01. The van der Waals surface area contributed by atoms with Crippen LogP contribution in [0.4, 0.5) is 13.2 Å². The molecule has 0 bridgehead atoms. The van der Waals surface area contributed by atoms with Gasteiger partial charge in [-0.15, -0.1) is 0 Å². The van der Waals surface area contributed by atoms with Gasteiger partial charge < -0.3 is 9.47 Å². The van der Waals surface area contributed by atoms with Gasteiger partial charge in [0.1, 0.15) is 18.2 Å². The summed E-state index contributed by atoms with van der Waals surface area (Å²) in [6.45, 7) is 6.24. The molecule has 2 atom stereocenters. The Morgan fingerprint density at radius 3 is 2.52 bits per heavy atom. The van der Waals surface area contributed by atoms with Gasteiger partial charge in [0.25, 0.3) is 6.43 Å². The molecule has 2 nitrogen and oxygen atoms in total. The van der Waals surface area contributed by atoms with Crippen LogP contribution in [-0.4, -0.2) is 19.3 Å². The summed E-state index contributed by atoms with van der Waals surface area (Å²) in [6.07, 6.45) is 5.24. The van der Waals surface area contributed by atoms with Crippen LogP contribution in [0.25, 0.3) is 0 Å². The van der Waals surface area contributed by atoms with Crippen molar-refractivity contribution < 1.29 is 22.6 Å². The molecule has 1 saturated carbocycles. The van der Waals surface area contributed by atoms with Gasteiger partial charge in [-0.3, -0.25) is 0 Å². The molecule has 0 radical (unpaired) electrons. The molecule has 0 amide bonds. The third-order valence-corrected chi connectivity index (χ3v) is 6.08. The van der Waals surface area contributed by atoms with Gasteiger partial charge in [-0.25, -0.2) is 13.2 Å². The molecule has 1 saturated heterocycles. The van der Waals surface area contributed by atoms with Crippen molar-refractivity contribution in [3.63, 3.8) is 0 Å². The van der Waals surface area contributed by atoms with Crippen molar-refractivity contribution in [2.75, 3.05) is 13.2 Å². The van der Waals surface area contributed by atoms with Crippen molar-refractivity contribution in [2.45, 2.75) is 63.9 Å². The van der Waals surface area contributed by atoms with Crippen molar-refractivity contribution in [1.29, 1.82) is 0 Å². The summed E-state index contributed by atoms with van der Waals surface area (Å²) in [5.41, 5.74) is -0.343. The Kier molecular flexibility index (Phi) is 6.85. The van der Waals surface area contributed by atoms with Crippen LogP contribution in [0.15, 0.2) is 24.8 Å². The lowest BCUT2D eigenvalue weighted by Gasteiger charge is -2.37. The summed E-state index contributed by atoms with van der Waals surface area (Å²) in [5.74, 6) is 0.219. The monoisotopic (exact) mass is 382 g/mol. The number of alkyl halides is 2. The molecule has 2 unspecified atom stereocenters. The number of halogens is 3. The molecule has 1 aliphatic carbocycles. The number of hydrogen-bond donors (Lipinski definition) is 0. The van der Waals surface area contributed by atoms with E-state index in [0.29, 0.717) is 18.1 Å². The molecule has 1 aromatic carbocycles. The first kappa shape index (κ1) is 20.2.